The zero-order valence-corrected chi connectivity index (χ0v) is 10.2. The van der Waals surface area contributed by atoms with E-state index >= 15 is 0 Å². The Hall–Kier alpha value is -2.76. The highest BCUT2D eigenvalue weighted by Gasteiger charge is 2.12. The Morgan fingerprint density at radius 2 is 2.05 bits per heavy atom. The molecule has 0 aliphatic carbocycles. The first-order valence-electron chi connectivity index (χ1n) is 5.49. The highest BCUT2D eigenvalue weighted by molar-refractivity contribution is 6.06. The standard InChI is InChI=1S/C13H12N2O4/c1-18-10-5-2-4-9(8-10)14-13(17)15-12(16)11-6-3-7-19-11/h2-8H,1H3,(H2,14,15,16,17). The highest BCUT2D eigenvalue weighted by Crippen LogP contribution is 2.16. The summed E-state index contributed by atoms with van der Waals surface area (Å²) >= 11 is 0. The van der Waals surface area contributed by atoms with E-state index in [0.29, 0.717) is 11.4 Å². The van der Waals surface area contributed by atoms with Crippen LogP contribution in [0.2, 0.25) is 0 Å². The van der Waals surface area contributed by atoms with Crippen LogP contribution >= 0.6 is 0 Å². The van der Waals surface area contributed by atoms with Crippen molar-refractivity contribution in [3.63, 3.8) is 0 Å². The molecule has 0 unspecified atom stereocenters. The van der Waals surface area contributed by atoms with Crippen LogP contribution in [0.25, 0.3) is 0 Å². The van der Waals surface area contributed by atoms with Gasteiger partial charge in [-0.05, 0) is 24.3 Å². The van der Waals surface area contributed by atoms with Gasteiger partial charge >= 0.3 is 6.03 Å². The summed E-state index contributed by atoms with van der Waals surface area (Å²) in [6, 6.07) is 9.17. The third-order valence-corrected chi connectivity index (χ3v) is 2.30. The van der Waals surface area contributed by atoms with Crippen molar-refractivity contribution in [1.82, 2.24) is 5.32 Å². The molecule has 0 radical (unpaired) electrons. The monoisotopic (exact) mass is 260 g/mol. The molecule has 6 heteroatoms. The van der Waals surface area contributed by atoms with Crippen molar-refractivity contribution in [3.8, 4) is 5.75 Å². The lowest BCUT2D eigenvalue weighted by atomic mass is 10.3. The molecule has 98 valence electrons. The van der Waals surface area contributed by atoms with E-state index in [1.807, 2.05) is 0 Å². The van der Waals surface area contributed by atoms with Gasteiger partial charge in [-0.15, -0.1) is 0 Å². The number of nitrogens with one attached hydrogen (secondary N) is 2. The van der Waals surface area contributed by atoms with E-state index in [1.165, 1.54) is 19.4 Å². The molecule has 1 aromatic heterocycles. The molecule has 3 amide bonds. The lowest BCUT2D eigenvalue weighted by Gasteiger charge is -2.07. The van der Waals surface area contributed by atoms with Crippen LogP contribution < -0.4 is 15.4 Å². The van der Waals surface area contributed by atoms with Gasteiger partial charge in [-0.3, -0.25) is 10.1 Å². The fourth-order valence-electron chi connectivity index (χ4n) is 1.44. The number of furan rings is 1. The minimum absolute atomic E-state index is 0.0702. The van der Waals surface area contributed by atoms with Crippen LogP contribution in [0.1, 0.15) is 10.6 Å². The molecule has 19 heavy (non-hydrogen) atoms. The second-order valence-corrected chi connectivity index (χ2v) is 3.62. The summed E-state index contributed by atoms with van der Waals surface area (Å²) in [5.74, 6) is 0.0707. The van der Waals surface area contributed by atoms with Gasteiger partial charge in [0.1, 0.15) is 5.75 Å². The van der Waals surface area contributed by atoms with Gasteiger partial charge in [0, 0.05) is 11.8 Å². The van der Waals surface area contributed by atoms with Gasteiger partial charge < -0.3 is 14.5 Å². The quantitative estimate of drug-likeness (QED) is 0.886. The Bertz CT molecular complexity index is 578. The summed E-state index contributed by atoms with van der Waals surface area (Å²) in [4.78, 5) is 23.1. The second-order valence-electron chi connectivity index (χ2n) is 3.62. The molecule has 0 bridgehead atoms. The highest BCUT2D eigenvalue weighted by atomic mass is 16.5. The first kappa shape index (κ1) is 12.7. The van der Waals surface area contributed by atoms with E-state index in [9.17, 15) is 9.59 Å². The molecule has 0 spiro atoms. The fourth-order valence-corrected chi connectivity index (χ4v) is 1.44. The van der Waals surface area contributed by atoms with Gasteiger partial charge in [0.25, 0.3) is 5.91 Å². The maximum atomic E-state index is 11.6. The summed E-state index contributed by atoms with van der Waals surface area (Å²) in [7, 11) is 1.53. The molecular weight excluding hydrogens is 248 g/mol. The van der Waals surface area contributed by atoms with E-state index in [4.69, 9.17) is 9.15 Å². The fraction of sp³-hybridized carbons (Fsp3) is 0.0769. The van der Waals surface area contributed by atoms with Crippen molar-refractivity contribution in [3.05, 3.63) is 48.4 Å². The smallest absolute Gasteiger partial charge is 0.326 e. The number of benzene rings is 1. The molecule has 0 saturated heterocycles. The van der Waals surface area contributed by atoms with E-state index in [2.05, 4.69) is 10.6 Å². The van der Waals surface area contributed by atoms with Crippen LogP contribution in [0.3, 0.4) is 0 Å². The Balaban J connectivity index is 1.95. The number of ether oxygens (including phenoxy) is 1. The molecular formula is C13H12N2O4. The van der Waals surface area contributed by atoms with E-state index in [0.717, 1.165) is 0 Å². The minimum atomic E-state index is -0.644. The van der Waals surface area contributed by atoms with Crippen molar-refractivity contribution in [2.24, 2.45) is 0 Å². The number of hydrogen-bond donors (Lipinski definition) is 2. The average Bonchev–Trinajstić information content (AvgIpc) is 2.92. The summed E-state index contributed by atoms with van der Waals surface area (Å²) in [5, 5.41) is 4.66. The van der Waals surface area contributed by atoms with Crippen molar-refractivity contribution in [2.45, 2.75) is 0 Å². The first-order chi connectivity index (χ1) is 9.19. The van der Waals surface area contributed by atoms with Crippen LogP contribution in [0.5, 0.6) is 5.75 Å². The molecule has 0 fully saturated rings. The average molecular weight is 260 g/mol. The zero-order valence-electron chi connectivity index (χ0n) is 10.2. The molecule has 0 atom stereocenters. The number of methoxy groups -OCH3 is 1. The van der Waals surface area contributed by atoms with E-state index in [1.54, 1.807) is 30.3 Å². The summed E-state index contributed by atoms with van der Waals surface area (Å²) < 4.78 is 9.89. The SMILES string of the molecule is COc1cccc(NC(=O)NC(=O)c2ccco2)c1. The van der Waals surface area contributed by atoms with Crippen molar-refractivity contribution < 1.29 is 18.7 Å². The first-order valence-corrected chi connectivity index (χ1v) is 5.49. The van der Waals surface area contributed by atoms with Crippen LogP contribution in [0, 0.1) is 0 Å². The molecule has 0 aliphatic heterocycles. The second kappa shape index (κ2) is 5.72. The maximum Gasteiger partial charge on any atom is 0.326 e. The van der Waals surface area contributed by atoms with Crippen LogP contribution in [-0.2, 0) is 0 Å². The van der Waals surface area contributed by atoms with Crippen LogP contribution in [0.15, 0.2) is 47.1 Å². The van der Waals surface area contributed by atoms with Gasteiger partial charge in [0.15, 0.2) is 5.76 Å². The van der Waals surface area contributed by atoms with Crippen LogP contribution in [0.4, 0.5) is 10.5 Å². The molecule has 2 rings (SSSR count). The Labute approximate surface area is 109 Å². The molecule has 0 saturated carbocycles. The van der Waals surface area contributed by atoms with Crippen molar-refractivity contribution >= 4 is 17.6 Å². The number of amides is 3. The van der Waals surface area contributed by atoms with Gasteiger partial charge in [-0.1, -0.05) is 6.07 Å². The van der Waals surface area contributed by atoms with Gasteiger partial charge in [0.05, 0.1) is 13.4 Å². The predicted octanol–water partition coefficient (Wildman–Crippen LogP) is 2.25. The summed E-state index contributed by atoms with van der Waals surface area (Å²) in [6.07, 6.45) is 1.36. The third kappa shape index (κ3) is 3.35. The third-order valence-electron chi connectivity index (χ3n) is 2.30. The topological polar surface area (TPSA) is 80.6 Å². The number of rotatable bonds is 3. The predicted molar refractivity (Wildman–Crippen MR) is 68.2 cm³/mol. The van der Waals surface area contributed by atoms with E-state index in [-0.39, 0.29) is 5.76 Å². The lowest BCUT2D eigenvalue weighted by molar-refractivity contribution is 0.0940. The Kier molecular flexibility index (Phi) is 3.82. The number of urea groups is 1. The number of imide groups is 1. The molecule has 2 N–H and O–H groups in total. The van der Waals surface area contributed by atoms with Crippen molar-refractivity contribution in [1.29, 1.82) is 0 Å². The molecule has 1 heterocycles. The number of carbonyl (C=O) groups excluding carboxylic acids is 2. The molecule has 6 nitrogen and oxygen atoms in total. The molecule has 2 aromatic rings. The van der Waals surface area contributed by atoms with Crippen LogP contribution in [-0.4, -0.2) is 19.0 Å². The zero-order chi connectivity index (χ0) is 13.7. The number of anilines is 1. The maximum absolute atomic E-state index is 11.6. The Morgan fingerprint density at radius 1 is 1.21 bits per heavy atom. The molecule has 0 aliphatic rings. The summed E-state index contributed by atoms with van der Waals surface area (Å²) in [6.45, 7) is 0. The van der Waals surface area contributed by atoms with Gasteiger partial charge in [0.2, 0.25) is 0 Å². The number of carbonyl (C=O) groups is 2. The van der Waals surface area contributed by atoms with Crippen molar-refractivity contribution in [2.75, 3.05) is 12.4 Å². The number of hydrogen-bond acceptors (Lipinski definition) is 4. The largest absolute Gasteiger partial charge is 0.497 e. The minimum Gasteiger partial charge on any atom is -0.497 e. The van der Waals surface area contributed by atoms with Gasteiger partial charge in [-0.2, -0.15) is 0 Å². The summed E-state index contributed by atoms with van der Waals surface area (Å²) in [5.41, 5.74) is 0.518. The lowest BCUT2D eigenvalue weighted by Crippen LogP contribution is -2.34. The Morgan fingerprint density at radius 3 is 2.74 bits per heavy atom. The van der Waals surface area contributed by atoms with Gasteiger partial charge in [-0.25, -0.2) is 4.79 Å². The normalized spacial score (nSPS) is 9.74. The molecule has 1 aromatic carbocycles. The van der Waals surface area contributed by atoms with E-state index < -0.39 is 11.9 Å².